The van der Waals surface area contributed by atoms with Gasteiger partial charge < -0.3 is 4.57 Å². The molecule has 3 heterocycles. The molecule has 0 aromatic carbocycles. The Bertz CT molecular complexity index is 447. The van der Waals surface area contributed by atoms with Gasteiger partial charge in [-0.3, -0.25) is 4.98 Å². The number of pyridine rings is 1. The fourth-order valence-corrected chi connectivity index (χ4v) is 2.35. The summed E-state index contributed by atoms with van der Waals surface area (Å²) in [5.41, 5.74) is 2.69. The lowest BCUT2D eigenvalue weighted by atomic mass is 9.90. The number of rotatable bonds is 1. The summed E-state index contributed by atoms with van der Waals surface area (Å²) in [6.45, 7) is 1.11. The van der Waals surface area contributed by atoms with Crippen LogP contribution >= 0.6 is 0 Å². The van der Waals surface area contributed by atoms with Crippen LogP contribution in [0.3, 0.4) is 0 Å². The van der Waals surface area contributed by atoms with E-state index in [2.05, 4.69) is 26.7 Å². The molecule has 3 rings (SSSR count). The van der Waals surface area contributed by atoms with Crippen molar-refractivity contribution in [1.82, 2.24) is 14.5 Å². The summed E-state index contributed by atoms with van der Waals surface area (Å²) in [5.74, 6) is 0.504. The predicted octanol–water partition coefficient (Wildman–Crippen LogP) is 2.20. The summed E-state index contributed by atoms with van der Waals surface area (Å²) in [5, 5.41) is 0. The van der Waals surface area contributed by atoms with Crippen molar-refractivity contribution in [3.63, 3.8) is 0 Å². The van der Waals surface area contributed by atoms with Crippen LogP contribution in [0.2, 0.25) is 0 Å². The third-order valence-electron chi connectivity index (χ3n) is 3.10. The fraction of sp³-hybridized carbons (Fsp3) is 0.333. The number of imidazole rings is 1. The van der Waals surface area contributed by atoms with Gasteiger partial charge in [-0.05, 0) is 30.5 Å². The van der Waals surface area contributed by atoms with Crippen LogP contribution in [0.15, 0.2) is 37.1 Å². The summed E-state index contributed by atoms with van der Waals surface area (Å²) < 4.78 is 2.26. The van der Waals surface area contributed by atoms with Gasteiger partial charge in [0.25, 0.3) is 0 Å². The maximum Gasteiger partial charge on any atom is 0.0948 e. The number of aromatic nitrogens is 3. The normalized spacial score (nSPS) is 19.9. The first-order valence-corrected chi connectivity index (χ1v) is 5.35. The molecule has 0 fully saturated rings. The molecule has 1 atom stereocenters. The summed E-state index contributed by atoms with van der Waals surface area (Å²) in [6, 6.07) is 4.21. The quantitative estimate of drug-likeness (QED) is 0.705. The molecule has 76 valence electrons. The average Bonchev–Trinajstić information content (AvgIpc) is 2.78. The first kappa shape index (κ1) is 8.65. The molecule has 3 heteroatoms. The van der Waals surface area contributed by atoms with Crippen molar-refractivity contribution in [3.05, 3.63) is 48.3 Å². The minimum atomic E-state index is 0.504. The topological polar surface area (TPSA) is 30.7 Å². The minimum absolute atomic E-state index is 0.504. The van der Waals surface area contributed by atoms with Crippen LogP contribution in [0.5, 0.6) is 0 Å². The predicted molar refractivity (Wildman–Crippen MR) is 57.5 cm³/mol. The lowest BCUT2D eigenvalue weighted by Crippen LogP contribution is -2.15. The zero-order valence-electron chi connectivity index (χ0n) is 8.50. The lowest BCUT2D eigenvalue weighted by molar-refractivity contribution is 0.491. The van der Waals surface area contributed by atoms with Crippen LogP contribution in [0, 0.1) is 0 Å². The second kappa shape index (κ2) is 3.50. The molecule has 0 aliphatic carbocycles. The van der Waals surface area contributed by atoms with E-state index < -0.39 is 0 Å². The van der Waals surface area contributed by atoms with Crippen molar-refractivity contribution in [1.29, 1.82) is 0 Å². The Balaban J connectivity index is 2.03. The highest BCUT2D eigenvalue weighted by Crippen LogP contribution is 2.32. The van der Waals surface area contributed by atoms with Gasteiger partial charge in [-0.25, -0.2) is 4.98 Å². The van der Waals surface area contributed by atoms with Gasteiger partial charge in [0.1, 0.15) is 0 Å². The van der Waals surface area contributed by atoms with Crippen LogP contribution in [0.4, 0.5) is 0 Å². The van der Waals surface area contributed by atoms with Crippen molar-refractivity contribution in [3.8, 4) is 0 Å². The molecule has 1 aliphatic heterocycles. The third-order valence-corrected chi connectivity index (χ3v) is 3.10. The van der Waals surface area contributed by atoms with Crippen LogP contribution in [-0.4, -0.2) is 14.5 Å². The highest BCUT2D eigenvalue weighted by Gasteiger charge is 2.21. The van der Waals surface area contributed by atoms with Gasteiger partial charge in [-0.1, -0.05) is 0 Å². The Hall–Kier alpha value is -1.64. The summed E-state index contributed by atoms with van der Waals surface area (Å²) >= 11 is 0. The van der Waals surface area contributed by atoms with Crippen LogP contribution in [0.25, 0.3) is 0 Å². The molecule has 2 aromatic heterocycles. The first-order valence-electron chi connectivity index (χ1n) is 5.35. The first-order chi connectivity index (χ1) is 7.45. The molecule has 2 aromatic rings. The standard InChI is InChI=1S/C12H13N3/c1-2-11(10-3-5-13-6-4-10)12-8-14-9-15(12)7-1/h3-6,8-9,11H,1-2,7H2. The van der Waals surface area contributed by atoms with E-state index in [0.717, 1.165) is 6.54 Å². The van der Waals surface area contributed by atoms with E-state index in [9.17, 15) is 0 Å². The average molecular weight is 199 g/mol. The van der Waals surface area contributed by atoms with E-state index >= 15 is 0 Å². The number of aryl methyl sites for hydroxylation is 1. The van der Waals surface area contributed by atoms with Crippen LogP contribution < -0.4 is 0 Å². The summed E-state index contributed by atoms with van der Waals surface area (Å²) in [7, 11) is 0. The molecule has 15 heavy (non-hydrogen) atoms. The summed E-state index contributed by atoms with van der Waals surface area (Å²) in [6.07, 6.45) is 10.1. The van der Waals surface area contributed by atoms with Gasteiger partial charge in [-0.15, -0.1) is 0 Å². The van der Waals surface area contributed by atoms with E-state index in [0.29, 0.717) is 5.92 Å². The Labute approximate surface area is 88.8 Å². The largest absolute Gasteiger partial charge is 0.334 e. The van der Waals surface area contributed by atoms with Crippen LogP contribution in [-0.2, 0) is 6.54 Å². The molecule has 0 spiro atoms. The third kappa shape index (κ3) is 1.44. The zero-order valence-corrected chi connectivity index (χ0v) is 8.50. The Morgan fingerprint density at radius 2 is 2.07 bits per heavy atom. The van der Waals surface area contributed by atoms with Gasteiger partial charge in [0.2, 0.25) is 0 Å². The van der Waals surface area contributed by atoms with Gasteiger partial charge in [-0.2, -0.15) is 0 Å². The van der Waals surface area contributed by atoms with Gasteiger partial charge in [0.05, 0.1) is 6.33 Å². The Morgan fingerprint density at radius 3 is 2.93 bits per heavy atom. The maximum absolute atomic E-state index is 4.23. The molecular weight excluding hydrogens is 186 g/mol. The number of nitrogens with zero attached hydrogens (tertiary/aromatic N) is 3. The van der Waals surface area contributed by atoms with E-state index in [1.54, 1.807) is 0 Å². The van der Waals surface area contributed by atoms with Crippen molar-refractivity contribution in [2.75, 3.05) is 0 Å². The second-order valence-electron chi connectivity index (χ2n) is 3.99. The monoisotopic (exact) mass is 199 g/mol. The molecule has 0 N–H and O–H groups in total. The molecule has 0 radical (unpaired) electrons. The summed E-state index contributed by atoms with van der Waals surface area (Å²) in [4.78, 5) is 8.29. The number of fused-ring (bicyclic) bond motifs is 1. The maximum atomic E-state index is 4.23. The van der Waals surface area contributed by atoms with E-state index in [4.69, 9.17) is 0 Å². The van der Waals surface area contributed by atoms with Crippen molar-refractivity contribution >= 4 is 0 Å². The van der Waals surface area contributed by atoms with E-state index in [1.165, 1.54) is 24.1 Å². The number of hydrogen-bond acceptors (Lipinski definition) is 2. The molecule has 1 aliphatic rings. The zero-order chi connectivity index (χ0) is 10.1. The Morgan fingerprint density at radius 1 is 1.20 bits per heavy atom. The van der Waals surface area contributed by atoms with Crippen LogP contribution in [0.1, 0.15) is 30.0 Å². The van der Waals surface area contributed by atoms with Crippen molar-refractivity contribution in [2.24, 2.45) is 0 Å². The molecule has 0 saturated heterocycles. The highest BCUT2D eigenvalue weighted by molar-refractivity contribution is 5.27. The smallest absolute Gasteiger partial charge is 0.0948 e. The molecule has 3 nitrogen and oxygen atoms in total. The second-order valence-corrected chi connectivity index (χ2v) is 3.99. The van der Waals surface area contributed by atoms with Crippen molar-refractivity contribution < 1.29 is 0 Å². The molecule has 0 saturated carbocycles. The highest BCUT2D eigenvalue weighted by atomic mass is 15.1. The molecular formula is C12H13N3. The number of hydrogen-bond donors (Lipinski definition) is 0. The SMILES string of the molecule is c1cc(C2CCCn3cncc32)ccn1. The molecule has 1 unspecified atom stereocenters. The minimum Gasteiger partial charge on any atom is -0.334 e. The van der Waals surface area contributed by atoms with Gasteiger partial charge in [0, 0.05) is 36.7 Å². The molecule has 0 amide bonds. The molecule has 0 bridgehead atoms. The van der Waals surface area contributed by atoms with Crippen molar-refractivity contribution in [2.45, 2.75) is 25.3 Å². The Kier molecular flexibility index (Phi) is 2.02. The van der Waals surface area contributed by atoms with E-state index in [1.807, 2.05) is 24.9 Å². The lowest BCUT2D eigenvalue weighted by Gasteiger charge is -2.24. The van der Waals surface area contributed by atoms with Gasteiger partial charge >= 0.3 is 0 Å². The van der Waals surface area contributed by atoms with E-state index in [-0.39, 0.29) is 0 Å². The van der Waals surface area contributed by atoms with Gasteiger partial charge in [0.15, 0.2) is 0 Å². The fourth-order valence-electron chi connectivity index (χ4n) is 2.35.